The van der Waals surface area contributed by atoms with E-state index in [1.807, 2.05) is 31.2 Å². The van der Waals surface area contributed by atoms with Gasteiger partial charge in [0.25, 0.3) is 0 Å². The normalized spacial score (nSPS) is 10.5. The second-order valence-electron chi connectivity index (χ2n) is 4.02. The Labute approximate surface area is 97.8 Å². The Bertz CT molecular complexity index is 282. The average molecular weight is 224 g/mol. The summed E-state index contributed by atoms with van der Waals surface area (Å²) in [7, 11) is 0. The first-order chi connectivity index (χ1) is 7.72. The highest BCUT2D eigenvalue weighted by Crippen LogP contribution is 2.17. The van der Waals surface area contributed by atoms with Gasteiger partial charge >= 0.3 is 0 Å². The van der Waals surface area contributed by atoms with E-state index in [2.05, 4.69) is 19.2 Å². The molecule has 16 heavy (non-hydrogen) atoms. The summed E-state index contributed by atoms with van der Waals surface area (Å²) in [5, 5.41) is 2.26. The number of quaternary nitrogens is 1. The van der Waals surface area contributed by atoms with Crippen molar-refractivity contribution in [1.29, 1.82) is 0 Å². The summed E-state index contributed by atoms with van der Waals surface area (Å²) in [6, 6.07) is 8.39. The minimum Gasteiger partial charge on any atom is -0.494 e. The molecular weight excluding hydrogens is 202 g/mol. The summed E-state index contributed by atoms with van der Waals surface area (Å²) >= 11 is 0. The summed E-state index contributed by atoms with van der Waals surface area (Å²) in [6.45, 7) is 8.76. The van der Waals surface area contributed by atoms with E-state index in [0.717, 1.165) is 24.7 Å². The number of ether oxygens (including phenoxy) is 2. The molecule has 0 spiro atoms. The molecule has 0 fully saturated rings. The third-order valence-corrected chi connectivity index (χ3v) is 2.16. The van der Waals surface area contributed by atoms with Gasteiger partial charge in [0.2, 0.25) is 0 Å². The summed E-state index contributed by atoms with van der Waals surface area (Å²) < 4.78 is 11.0. The minimum absolute atomic E-state index is 0.629. The van der Waals surface area contributed by atoms with Crippen molar-refractivity contribution in [2.75, 3.05) is 19.8 Å². The molecule has 0 unspecified atom stereocenters. The van der Waals surface area contributed by atoms with Crippen LogP contribution in [-0.4, -0.2) is 25.8 Å². The summed E-state index contributed by atoms with van der Waals surface area (Å²) in [5.41, 5.74) is 0. The highest BCUT2D eigenvalue weighted by atomic mass is 16.5. The van der Waals surface area contributed by atoms with E-state index in [1.165, 1.54) is 0 Å². The molecule has 0 aliphatic heterocycles. The minimum atomic E-state index is 0.629. The second kappa shape index (κ2) is 7.12. The highest BCUT2D eigenvalue weighted by Gasteiger charge is 1.98. The van der Waals surface area contributed by atoms with Crippen molar-refractivity contribution in [3.63, 3.8) is 0 Å². The van der Waals surface area contributed by atoms with Crippen molar-refractivity contribution < 1.29 is 14.8 Å². The summed E-state index contributed by atoms with van der Waals surface area (Å²) in [6.07, 6.45) is 0. The fourth-order valence-electron chi connectivity index (χ4n) is 1.38. The van der Waals surface area contributed by atoms with Gasteiger partial charge in [-0.2, -0.15) is 0 Å². The van der Waals surface area contributed by atoms with Crippen LogP contribution in [0.4, 0.5) is 0 Å². The van der Waals surface area contributed by atoms with E-state index < -0.39 is 0 Å². The number of rotatable bonds is 7. The lowest BCUT2D eigenvalue weighted by molar-refractivity contribution is -0.683. The first kappa shape index (κ1) is 12.8. The van der Waals surface area contributed by atoms with Gasteiger partial charge < -0.3 is 14.8 Å². The predicted octanol–water partition coefficient (Wildman–Crippen LogP) is 1.44. The fourth-order valence-corrected chi connectivity index (χ4v) is 1.38. The maximum atomic E-state index is 5.60. The van der Waals surface area contributed by atoms with Crippen molar-refractivity contribution in [1.82, 2.24) is 0 Å². The molecule has 90 valence electrons. The fraction of sp³-hybridized carbons (Fsp3) is 0.538. The summed E-state index contributed by atoms with van der Waals surface area (Å²) in [5.74, 6) is 1.80. The molecule has 0 radical (unpaired) electrons. The van der Waals surface area contributed by atoms with E-state index in [0.29, 0.717) is 12.6 Å². The number of hydrogen-bond donors (Lipinski definition) is 1. The van der Waals surface area contributed by atoms with Crippen molar-refractivity contribution >= 4 is 0 Å². The monoisotopic (exact) mass is 224 g/mol. The Kier molecular flexibility index (Phi) is 5.72. The first-order valence-corrected chi connectivity index (χ1v) is 5.91. The largest absolute Gasteiger partial charge is 0.494 e. The Balaban J connectivity index is 2.26. The van der Waals surface area contributed by atoms with Crippen molar-refractivity contribution in [2.45, 2.75) is 26.8 Å². The molecule has 1 aromatic rings. The SMILES string of the molecule is CCOc1ccc(OCC[NH2+]C(C)C)cc1. The van der Waals surface area contributed by atoms with Crippen LogP contribution < -0.4 is 14.8 Å². The number of hydrogen-bond acceptors (Lipinski definition) is 2. The van der Waals surface area contributed by atoms with Gasteiger partial charge in [-0.15, -0.1) is 0 Å². The molecule has 1 rings (SSSR count). The van der Waals surface area contributed by atoms with E-state index in [-0.39, 0.29) is 0 Å². The standard InChI is InChI=1S/C13H21NO2/c1-4-15-12-5-7-13(8-6-12)16-10-9-14-11(2)3/h5-8,11,14H,4,9-10H2,1-3H3/p+1. The van der Waals surface area contributed by atoms with Crippen LogP contribution in [0.1, 0.15) is 20.8 Å². The molecule has 0 amide bonds. The molecule has 3 heteroatoms. The van der Waals surface area contributed by atoms with E-state index in [1.54, 1.807) is 0 Å². The van der Waals surface area contributed by atoms with Gasteiger partial charge in [-0.05, 0) is 45.0 Å². The van der Waals surface area contributed by atoms with Gasteiger partial charge in [-0.3, -0.25) is 0 Å². The smallest absolute Gasteiger partial charge is 0.137 e. The zero-order valence-corrected chi connectivity index (χ0v) is 10.4. The van der Waals surface area contributed by atoms with Gasteiger partial charge in [0.05, 0.1) is 12.6 Å². The Morgan fingerprint density at radius 1 is 1.06 bits per heavy atom. The molecule has 2 N–H and O–H groups in total. The second-order valence-corrected chi connectivity index (χ2v) is 4.02. The topological polar surface area (TPSA) is 35.1 Å². The van der Waals surface area contributed by atoms with Crippen LogP contribution in [0, 0.1) is 0 Å². The van der Waals surface area contributed by atoms with Crippen LogP contribution in [0.25, 0.3) is 0 Å². The van der Waals surface area contributed by atoms with Gasteiger partial charge in [0, 0.05) is 0 Å². The average Bonchev–Trinajstić information content (AvgIpc) is 2.27. The molecule has 3 nitrogen and oxygen atoms in total. The zero-order chi connectivity index (χ0) is 11.8. The van der Waals surface area contributed by atoms with Crippen LogP contribution in [0.2, 0.25) is 0 Å². The molecule has 0 aromatic heterocycles. The Morgan fingerprint density at radius 3 is 2.12 bits per heavy atom. The molecule has 0 heterocycles. The third-order valence-electron chi connectivity index (χ3n) is 2.16. The molecule has 0 saturated heterocycles. The van der Waals surface area contributed by atoms with Crippen molar-refractivity contribution in [2.24, 2.45) is 0 Å². The van der Waals surface area contributed by atoms with Crippen LogP contribution >= 0.6 is 0 Å². The van der Waals surface area contributed by atoms with E-state index in [4.69, 9.17) is 9.47 Å². The highest BCUT2D eigenvalue weighted by molar-refractivity contribution is 5.31. The lowest BCUT2D eigenvalue weighted by atomic mass is 10.3. The predicted molar refractivity (Wildman–Crippen MR) is 65.0 cm³/mol. The first-order valence-electron chi connectivity index (χ1n) is 5.91. The molecular formula is C13H22NO2+. The molecule has 0 aliphatic carbocycles. The lowest BCUT2D eigenvalue weighted by Gasteiger charge is -2.08. The van der Waals surface area contributed by atoms with Gasteiger partial charge in [0.15, 0.2) is 0 Å². The van der Waals surface area contributed by atoms with Crippen molar-refractivity contribution in [3.8, 4) is 11.5 Å². The van der Waals surface area contributed by atoms with Gasteiger partial charge in [-0.25, -0.2) is 0 Å². The van der Waals surface area contributed by atoms with Crippen molar-refractivity contribution in [3.05, 3.63) is 24.3 Å². The molecule has 0 atom stereocenters. The van der Waals surface area contributed by atoms with Crippen LogP contribution in [0.3, 0.4) is 0 Å². The maximum absolute atomic E-state index is 5.60. The molecule has 0 bridgehead atoms. The number of benzene rings is 1. The maximum Gasteiger partial charge on any atom is 0.137 e. The van der Waals surface area contributed by atoms with Gasteiger partial charge in [-0.1, -0.05) is 0 Å². The van der Waals surface area contributed by atoms with Crippen LogP contribution in [0.5, 0.6) is 11.5 Å². The van der Waals surface area contributed by atoms with E-state index in [9.17, 15) is 0 Å². The number of nitrogens with two attached hydrogens (primary N) is 1. The van der Waals surface area contributed by atoms with E-state index >= 15 is 0 Å². The van der Waals surface area contributed by atoms with Gasteiger partial charge in [0.1, 0.15) is 24.7 Å². The molecule has 0 aliphatic rings. The Morgan fingerprint density at radius 2 is 1.62 bits per heavy atom. The van der Waals surface area contributed by atoms with Crippen LogP contribution in [0.15, 0.2) is 24.3 Å². The van der Waals surface area contributed by atoms with Crippen LogP contribution in [-0.2, 0) is 0 Å². The summed E-state index contributed by atoms with van der Waals surface area (Å²) in [4.78, 5) is 0. The zero-order valence-electron chi connectivity index (χ0n) is 10.4. The quantitative estimate of drug-likeness (QED) is 0.711. The Hall–Kier alpha value is -1.22. The molecule has 0 saturated carbocycles. The lowest BCUT2D eigenvalue weighted by Crippen LogP contribution is -2.89. The third kappa shape index (κ3) is 5.03. The molecule has 1 aromatic carbocycles.